The molecule has 5 rings (SSSR count). The first-order valence-corrected chi connectivity index (χ1v) is 10.5. The number of hydrogen-bond acceptors (Lipinski definition) is 9. The summed E-state index contributed by atoms with van der Waals surface area (Å²) in [6.45, 7) is -0.376. The van der Waals surface area contributed by atoms with E-state index in [-0.39, 0.29) is 12.6 Å². The number of phosphoric ester groups is 1. The predicted molar refractivity (Wildman–Crippen MR) is 100 cm³/mol. The van der Waals surface area contributed by atoms with E-state index in [0.717, 1.165) is 16.7 Å². The average Bonchev–Trinajstić information content (AvgIpc) is 3.43. The van der Waals surface area contributed by atoms with Crippen molar-refractivity contribution >= 4 is 19.6 Å². The third kappa shape index (κ3) is 3.39. The zero-order chi connectivity index (χ0) is 20.9. The van der Waals surface area contributed by atoms with E-state index in [1.165, 1.54) is 4.90 Å². The first-order chi connectivity index (χ1) is 14.4. The Kier molecular flexibility index (Phi) is 4.44. The Balaban J connectivity index is 1.37. The van der Waals surface area contributed by atoms with Gasteiger partial charge in [-0.3, -0.25) is 14.4 Å². The SMILES string of the molecule is O=C1O[C@@H](COP(=O)(O)O)[C@@H]2Cc3cc(-c4ccc(C5N=NN=N5)nc4)ccc3N12. The van der Waals surface area contributed by atoms with E-state index in [9.17, 15) is 9.36 Å². The van der Waals surface area contributed by atoms with Crippen LogP contribution in [0.25, 0.3) is 11.1 Å². The summed E-state index contributed by atoms with van der Waals surface area (Å²) >= 11 is 0. The highest BCUT2D eigenvalue weighted by Gasteiger charge is 2.48. The van der Waals surface area contributed by atoms with E-state index in [4.69, 9.17) is 14.5 Å². The van der Waals surface area contributed by atoms with Crippen molar-refractivity contribution in [1.29, 1.82) is 0 Å². The fourth-order valence-electron chi connectivity index (χ4n) is 3.78. The average molecular weight is 430 g/mol. The van der Waals surface area contributed by atoms with Crippen molar-refractivity contribution in [3.63, 3.8) is 0 Å². The number of ether oxygens (including phenoxy) is 1. The van der Waals surface area contributed by atoms with Gasteiger partial charge in [0.25, 0.3) is 0 Å². The Hall–Kier alpha value is -3.05. The molecule has 30 heavy (non-hydrogen) atoms. The monoisotopic (exact) mass is 430 g/mol. The van der Waals surface area contributed by atoms with Crippen LogP contribution in [0, 0.1) is 0 Å². The first-order valence-electron chi connectivity index (χ1n) is 8.98. The summed E-state index contributed by atoms with van der Waals surface area (Å²) in [5, 5.41) is 14.7. The molecule has 0 bridgehead atoms. The number of hydrogen-bond donors (Lipinski definition) is 2. The van der Waals surface area contributed by atoms with Crippen LogP contribution in [0.3, 0.4) is 0 Å². The highest BCUT2D eigenvalue weighted by molar-refractivity contribution is 7.46. The van der Waals surface area contributed by atoms with Gasteiger partial charge in [0.05, 0.1) is 24.0 Å². The lowest BCUT2D eigenvalue weighted by Gasteiger charge is -2.16. The van der Waals surface area contributed by atoms with Crippen LogP contribution < -0.4 is 4.90 Å². The number of pyridine rings is 1. The van der Waals surface area contributed by atoms with Gasteiger partial charge < -0.3 is 14.5 Å². The van der Waals surface area contributed by atoms with Crippen LogP contribution in [-0.4, -0.2) is 39.6 Å². The molecule has 1 fully saturated rings. The lowest BCUT2D eigenvalue weighted by atomic mass is 10.0. The van der Waals surface area contributed by atoms with Crippen molar-refractivity contribution in [2.24, 2.45) is 20.7 Å². The van der Waals surface area contributed by atoms with Crippen molar-refractivity contribution in [2.75, 3.05) is 11.5 Å². The van der Waals surface area contributed by atoms with E-state index in [1.54, 1.807) is 6.20 Å². The number of anilines is 1. The number of fused-ring (bicyclic) bond motifs is 3. The maximum atomic E-state index is 12.3. The molecule has 13 heteroatoms. The summed E-state index contributed by atoms with van der Waals surface area (Å²) in [6.07, 6.45) is 0.359. The molecular formula is C17H15N6O6P. The molecule has 12 nitrogen and oxygen atoms in total. The van der Waals surface area contributed by atoms with Crippen molar-refractivity contribution in [2.45, 2.75) is 24.7 Å². The normalized spacial score (nSPS) is 22.5. The molecule has 1 saturated heterocycles. The summed E-state index contributed by atoms with van der Waals surface area (Å²) in [7, 11) is -4.65. The van der Waals surface area contributed by atoms with Gasteiger partial charge in [0.2, 0.25) is 6.17 Å². The van der Waals surface area contributed by atoms with Crippen molar-refractivity contribution in [3.8, 4) is 11.1 Å². The van der Waals surface area contributed by atoms with Gasteiger partial charge in [-0.05, 0) is 46.2 Å². The molecule has 3 aliphatic rings. The van der Waals surface area contributed by atoms with E-state index < -0.39 is 26.2 Å². The van der Waals surface area contributed by atoms with Gasteiger partial charge >= 0.3 is 13.9 Å². The molecule has 1 aromatic carbocycles. The molecule has 0 spiro atoms. The Morgan fingerprint density at radius 3 is 2.63 bits per heavy atom. The molecule has 0 unspecified atom stereocenters. The van der Waals surface area contributed by atoms with Crippen molar-refractivity contribution < 1.29 is 28.4 Å². The third-order valence-electron chi connectivity index (χ3n) is 5.13. The van der Waals surface area contributed by atoms with Gasteiger partial charge in [-0.2, -0.15) is 0 Å². The first kappa shape index (κ1) is 18.9. The number of nitrogens with zero attached hydrogens (tertiary/aromatic N) is 6. The third-order valence-corrected chi connectivity index (χ3v) is 5.62. The van der Waals surface area contributed by atoms with Gasteiger partial charge in [-0.15, -0.1) is 10.2 Å². The van der Waals surface area contributed by atoms with Gasteiger partial charge in [0.15, 0.2) is 0 Å². The van der Waals surface area contributed by atoms with Crippen molar-refractivity contribution in [1.82, 2.24) is 4.98 Å². The van der Waals surface area contributed by atoms with Crippen LogP contribution in [0.2, 0.25) is 0 Å². The van der Waals surface area contributed by atoms with E-state index in [1.807, 2.05) is 30.3 Å². The maximum absolute atomic E-state index is 12.3. The molecule has 1 amide bonds. The highest BCUT2D eigenvalue weighted by atomic mass is 31.2. The molecule has 2 N–H and O–H groups in total. The van der Waals surface area contributed by atoms with E-state index in [0.29, 0.717) is 17.8 Å². The number of carbonyl (C=O) groups excluding carboxylic acids is 1. The Labute approximate surface area is 169 Å². The van der Waals surface area contributed by atoms with Crippen LogP contribution in [0.4, 0.5) is 10.5 Å². The highest BCUT2D eigenvalue weighted by Crippen LogP contribution is 2.42. The topological polar surface area (TPSA) is 159 Å². The molecule has 4 heterocycles. The van der Waals surface area contributed by atoms with Crippen LogP contribution >= 0.6 is 7.82 Å². The smallest absolute Gasteiger partial charge is 0.441 e. The zero-order valence-corrected chi connectivity index (χ0v) is 16.2. The molecule has 154 valence electrons. The lowest BCUT2D eigenvalue weighted by Crippen LogP contribution is -2.35. The standard InChI is InChI=1S/C17H15N6O6P/c24-17-23-13-4-2-9(10-1-3-12(18-7-10)16-19-21-22-20-16)5-11(13)6-14(23)15(29-17)8-28-30(25,26)27/h1-5,7,14-16H,6,8H2,(H2,25,26,27)/t14-,15-/m0/s1. The molecule has 0 radical (unpaired) electrons. The zero-order valence-electron chi connectivity index (χ0n) is 15.3. The molecule has 3 aliphatic heterocycles. The van der Waals surface area contributed by atoms with Gasteiger partial charge in [0, 0.05) is 11.8 Å². The minimum absolute atomic E-state index is 0.376. The number of cyclic esters (lactones) is 1. The molecule has 2 atom stereocenters. The Morgan fingerprint density at radius 2 is 1.93 bits per heavy atom. The predicted octanol–water partition coefficient (Wildman–Crippen LogP) is 2.94. The summed E-state index contributed by atoms with van der Waals surface area (Å²) in [6, 6.07) is 8.99. The Morgan fingerprint density at radius 1 is 1.17 bits per heavy atom. The van der Waals surface area contributed by atoms with Gasteiger partial charge in [-0.1, -0.05) is 12.1 Å². The second-order valence-electron chi connectivity index (χ2n) is 6.95. The molecule has 2 aromatic rings. The van der Waals surface area contributed by atoms with Crippen LogP contribution in [0.5, 0.6) is 0 Å². The summed E-state index contributed by atoms with van der Waals surface area (Å²) in [4.78, 5) is 36.0. The quantitative estimate of drug-likeness (QED) is 0.690. The van der Waals surface area contributed by atoms with Crippen LogP contribution in [0.1, 0.15) is 17.4 Å². The second-order valence-corrected chi connectivity index (χ2v) is 8.19. The number of aromatic nitrogens is 1. The fraction of sp³-hybridized carbons (Fsp3) is 0.294. The molecule has 0 aliphatic carbocycles. The molecule has 1 aromatic heterocycles. The fourth-order valence-corrected chi connectivity index (χ4v) is 4.13. The van der Waals surface area contributed by atoms with Crippen LogP contribution in [0.15, 0.2) is 57.2 Å². The lowest BCUT2D eigenvalue weighted by molar-refractivity contribution is 0.0761. The second kappa shape index (κ2) is 7.03. The molecular weight excluding hydrogens is 415 g/mol. The van der Waals surface area contributed by atoms with E-state index in [2.05, 4.69) is 30.2 Å². The van der Waals surface area contributed by atoms with Gasteiger partial charge in [0.1, 0.15) is 6.10 Å². The van der Waals surface area contributed by atoms with E-state index >= 15 is 0 Å². The largest absolute Gasteiger partial charge is 0.469 e. The summed E-state index contributed by atoms with van der Waals surface area (Å²) in [5.41, 5.74) is 4.08. The number of rotatable bonds is 5. The van der Waals surface area contributed by atoms with Crippen LogP contribution in [-0.2, 0) is 20.2 Å². The number of amides is 1. The van der Waals surface area contributed by atoms with Crippen molar-refractivity contribution in [3.05, 3.63) is 47.8 Å². The maximum Gasteiger partial charge on any atom is 0.469 e. The number of benzene rings is 1. The summed E-state index contributed by atoms with van der Waals surface area (Å²) in [5.74, 6) is 0. The Bertz CT molecular complexity index is 1100. The number of phosphoric acid groups is 1. The van der Waals surface area contributed by atoms with Gasteiger partial charge in [-0.25, -0.2) is 9.36 Å². The minimum atomic E-state index is -4.65. The summed E-state index contributed by atoms with van der Waals surface area (Å²) < 4.78 is 20.8. The number of carbonyl (C=O) groups is 1. The molecule has 0 saturated carbocycles. The minimum Gasteiger partial charge on any atom is -0.441 e.